The van der Waals surface area contributed by atoms with Crippen molar-refractivity contribution in [1.82, 2.24) is 14.3 Å². The van der Waals surface area contributed by atoms with Crippen molar-refractivity contribution in [2.45, 2.75) is 26.4 Å². The Morgan fingerprint density at radius 1 is 1.03 bits per heavy atom. The molecule has 0 spiro atoms. The third kappa shape index (κ3) is 4.98. The van der Waals surface area contributed by atoms with Crippen LogP contribution < -0.4 is 4.74 Å². The molecule has 184 valence electrons. The normalized spacial score (nSPS) is 14.2. The maximum atomic E-state index is 14.0. The highest BCUT2D eigenvalue weighted by Gasteiger charge is 2.30. The summed E-state index contributed by atoms with van der Waals surface area (Å²) in [6.07, 6.45) is 4.70. The van der Waals surface area contributed by atoms with E-state index in [0.717, 1.165) is 35.1 Å². The van der Waals surface area contributed by atoms with Crippen molar-refractivity contribution in [3.8, 4) is 5.75 Å². The molecule has 4 aromatic rings. The SMILES string of the molecule is Cc1ccc2nc(COc3cccc(C(=O)N4CCC(C(=O)c5cc(F)ccc5F)CC4)c3)cn2c1. The van der Waals surface area contributed by atoms with Crippen molar-refractivity contribution in [2.24, 2.45) is 5.92 Å². The van der Waals surface area contributed by atoms with Crippen molar-refractivity contribution in [1.29, 1.82) is 0 Å². The van der Waals surface area contributed by atoms with Crippen molar-refractivity contribution in [3.63, 3.8) is 0 Å². The number of rotatable bonds is 6. The van der Waals surface area contributed by atoms with Crippen LogP contribution in [0.4, 0.5) is 8.78 Å². The van der Waals surface area contributed by atoms with E-state index < -0.39 is 23.3 Å². The molecule has 0 saturated carbocycles. The Balaban J connectivity index is 1.20. The second-order valence-corrected chi connectivity index (χ2v) is 9.08. The van der Waals surface area contributed by atoms with E-state index in [9.17, 15) is 18.4 Å². The summed E-state index contributed by atoms with van der Waals surface area (Å²) in [5.41, 5.74) is 3.00. The minimum Gasteiger partial charge on any atom is -0.487 e. The van der Waals surface area contributed by atoms with E-state index in [0.29, 0.717) is 37.2 Å². The standard InChI is InChI=1S/C28H25F2N3O3/c1-18-5-8-26-31-22(16-33(26)15-18)17-36-23-4-2-3-20(13-23)28(35)32-11-9-19(10-12-32)27(34)24-14-21(29)6-7-25(24)30/h2-8,13-16,19H,9-12,17H2,1H3. The molecule has 0 atom stereocenters. The van der Waals surface area contributed by atoms with Crippen molar-refractivity contribution < 1.29 is 23.1 Å². The van der Waals surface area contributed by atoms with Gasteiger partial charge in [0.15, 0.2) is 5.78 Å². The Kier molecular flexibility index (Phi) is 6.50. The summed E-state index contributed by atoms with van der Waals surface area (Å²) in [7, 11) is 0. The number of nitrogens with zero attached hydrogens (tertiary/aromatic N) is 3. The number of piperidine rings is 1. The van der Waals surface area contributed by atoms with E-state index in [2.05, 4.69) is 4.98 Å². The highest BCUT2D eigenvalue weighted by Crippen LogP contribution is 2.25. The second kappa shape index (κ2) is 9.89. The van der Waals surface area contributed by atoms with Gasteiger partial charge in [-0.15, -0.1) is 0 Å². The summed E-state index contributed by atoms with van der Waals surface area (Å²) in [6, 6.07) is 13.8. The lowest BCUT2D eigenvalue weighted by Crippen LogP contribution is -2.40. The zero-order valence-electron chi connectivity index (χ0n) is 19.8. The summed E-state index contributed by atoms with van der Waals surface area (Å²) in [5.74, 6) is -1.85. The zero-order valence-corrected chi connectivity index (χ0v) is 19.8. The van der Waals surface area contributed by atoms with Gasteiger partial charge in [0.25, 0.3) is 5.91 Å². The number of Topliss-reactive ketones (excluding diaryl/α,β-unsaturated/α-hetero) is 1. The average molecular weight is 490 g/mol. The maximum absolute atomic E-state index is 14.0. The quantitative estimate of drug-likeness (QED) is 0.348. The van der Waals surface area contributed by atoms with Gasteiger partial charge in [0.2, 0.25) is 0 Å². The van der Waals surface area contributed by atoms with E-state index in [1.165, 1.54) is 0 Å². The van der Waals surface area contributed by atoms with Crippen molar-refractivity contribution >= 4 is 17.3 Å². The van der Waals surface area contributed by atoms with Crippen LogP contribution in [0, 0.1) is 24.5 Å². The number of hydrogen-bond donors (Lipinski definition) is 0. The minimum atomic E-state index is -0.726. The van der Waals surface area contributed by atoms with Crippen LogP contribution in [0.5, 0.6) is 5.75 Å². The van der Waals surface area contributed by atoms with Crippen LogP contribution in [0.3, 0.4) is 0 Å². The predicted molar refractivity (Wildman–Crippen MR) is 130 cm³/mol. The van der Waals surface area contributed by atoms with Gasteiger partial charge in [0, 0.05) is 37.0 Å². The molecule has 0 N–H and O–H groups in total. The van der Waals surface area contributed by atoms with Gasteiger partial charge in [-0.1, -0.05) is 12.1 Å². The first-order valence-electron chi connectivity index (χ1n) is 11.8. The van der Waals surface area contributed by atoms with Crippen LogP contribution in [0.1, 0.15) is 44.8 Å². The number of carbonyl (C=O) groups excluding carboxylic acids is 2. The Morgan fingerprint density at radius 2 is 1.83 bits per heavy atom. The molecule has 6 nitrogen and oxygen atoms in total. The molecule has 1 aliphatic rings. The Labute approximate surface area is 207 Å². The monoisotopic (exact) mass is 489 g/mol. The third-order valence-corrected chi connectivity index (χ3v) is 6.46. The van der Waals surface area contributed by atoms with Gasteiger partial charge in [-0.25, -0.2) is 13.8 Å². The smallest absolute Gasteiger partial charge is 0.253 e. The molecular formula is C28H25F2N3O3. The van der Waals surface area contributed by atoms with Gasteiger partial charge < -0.3 is 14.0 Å². The van der Waals surface area contributed by atoms with Gasteiger partial charge in [-0.05, 0) is 67.8 Å². The van der Waals surface area contributed by atoms with Crippen LogP contribution >= 0.6 is 0 Å². The molecule has 1 saturated heterocycles. The number of aromatic nitrogens is 2. The lowest BCUT2D eigenvalue weighted by molar-refractivity contribution is 0.0648. The number of ether oxygens (including phenoxy) is 1. The number of pyridine rings is 1. The van der Waals surface area contributed by atoms with E-state index >= 15 is 0 Å². The van der Waals surface area contributed by atoms with Crippen LogP contribution in [-0.4, -0.2) is 39.1 Å². The number of ketones is 1. The molecule has 2 aromatic heterocycles. The number of hydrogen-bond acceptors (Lipinski definition) is 4. The lowest BCUT2D eigenvalue weighted by atomic mass is 9.88. The number of carbonyl (C=O) groups is 2. The summed E-state index contributed by atoms with van der Waals surface area (Å²) in [4.78, 5) is 32.0. The molecule has 1 amide bonds. The van der Waals surface area contributed by atoms with Gasteiger partial charge in [-0.2, -0.15) is 0 Å². The second-order valence-electron chi connectivity index (χ2n) is 9.08. The fourth-order valence-corrected chi connectivity index (χ4v) is 4.53. The largest absolute Gasteiger partial charge is 0.487 e. The van der Waals surface area contributed by atoms with Crippen LogP contribution in [0.25, 0.3) is 5.65 Å². The molecule has 0 unspecified atom stereocenters. The van der Waals surface area contributed by atoms with Crippen molar-refractivity contribution in [2.75, 3.05) is 13.1 Å². The Bertz CT molecular complexity index is 1440. The lowest BCUT2D eigenvalue weighted by Gasteiger charge is -2.31. The molecule has 2 aromatic carbocycles. The molecule has 0 aliphatic carbocycles. The minimum absolute atomic E-state index is 0.161. The van der Waals surface area contributed by atoms with E-state index in [1.54, 1.807) is 29.2 Å². The highest BCUT2D eigenvalue weighted by molar-refractivity contribution is 5.98. The fraction of sp³-hybridized carbons (Fsp3) is 0.250. The summed E-state index contributed by atoms with van der Waals surface area (Å²) < 4.78 is 35.3. The predicted octanol–water partition coefficient (Wildman–Crippen LogP) is 5.24. The number of amides is 1. The van der Waals surface area contributed by atoms with Gasteiger partial charge in [0.1, 0.15) is 29.6 Å². The number of likely N-dealkylation sites (tertiary alicyclic amines) is 1. The molecule has 3 heterocycles. The number of imidazole rings is 1. The van der Waals surface area contributed by atoms with E-state index in [4.69, 9.17) is 4.74 Å². The molecule has 0 radical (unpaired) electrons. The van der Waals surface area contributed by atoms with E-state index in [-0.39, 0.29) is 18.1 Å². The van der Waals surface area contributed by atoms with Crippen molar-refractivity contribution in [3.05, 3.63) is 101 Å². The Morgan fingerprint density at radius 3 is 2.64 bits per heavy atom. The first-order valence-corrected chi connectivity index (χ1v) is 11.8. The number of aryl methyl sites for hydroxylation is 1. The first-order chi connectivity index (χ1) is 17.4. The number of benzene rings is 2. The summed E-state index contributed by atoms with van der Waals surface area (Å²) >= 11 is 0. The fourth-order valence-electron chi connectivity index (χ4n) is 4.53. The summed E-state index contributed by atoms with van der Waals surface area (Å²) in [6.45, 7) is 3.00. The van der Waals surface area contributed by atoms with Crippen LogP contribution in [0.2, 0.25) is 0 Å². The Hall–Kier alpha value is -4.07. The zero-order chi connectivity index (χ0) is 25.2. The van der Waals surface area contributed by atoms with Gasteiger partial charge in [0.05, 0.1) is 11.3 Å². The molecule has 5 rings (SSSR count). The first kappa shape index (κ1) is 23.7. The average Bonchev–Trinajstić information content (AvgIpc) is 3.30. The van der Waals surface area contributed by atoms with Crippen LogP contribution in [-0.2, 0) is 6.61 Å². The topological polar surface area (TPSA) is 63.9 Å². The number of halogens is 2. The molecular weight excluding hydrogens is 464 g/mol. The van der Waals surface area contributed by atoms with E-state index in [1.807, 2.05) is 35.9 Å². The van der Waals surface area contributed by atoms with Gasteiger partial charge in [-0.3, -0.25) is 9.59 Å². The third-order valence-electron chi connectivity index (χ3n) is 6.46. The molecule has 1 fully saturated rings. The molecule has 8 heteroatoms. The number of fused-ring (bicyclic) bond motifs is 1. The molecule has 1 aliphatic heterocycles. The molecule has 0 bridgehead atoms. The molecule has 36 heavy (non-hydrogen) atoms. The van der Waals surface area contributed by atoms with Gasteiger partial charge >= 0.3 is 0 Å². The highest BCUT2D eigenvalue weighted by atomic mass is 19.1. The summed E-state index contributed by atoms with van der Waals surface area (Å²) in [5, 5.41) is 0. The maximum Gasteiger partial charge on any atom is 0.253 e. The van der Waals surface area contributed by atoms with Crippen LogP contribution in [0.15, 0.2) is 67.0 Å².